The third-order valence-electron chi connectivity index (χ3n) is 2.73. The zero-order chi connectivity index (χ0) is 15.6. The maximum atomic E-state index is 12.6. The Kier molecular flexibility index (Phi) is 3.88. The molecule has 0 spiro atoms. The largest absolute Gasteiger partial charge is 0.478 e. The quantitative estimate of drug-likeness (QED) is 0.943. The van der Waals surface area contributed by atoms with Gasteiger partial charge in [-0.05, 0) is 25.1 Å². The fraction of sp³-hybridized carbons (Fsp3) is 0.231. The Morgan fingerprint density at radius 3 is 2.62 bits per heavy atom. The summed E-state index contributed by atoms with van der Waals surface area (Å²) in [7, 11) is 0. The molecule has 0 saturated carbocycles. The van der Waals surface area contributed by atoms with E-state index in [9.17, 15) is 18.0 Å². The number of hydrogen-bond acceptors (Lipinski definition) is 3. The first-order valence-corrected chi connectivity index (χ1v) is 5.90. The Labute approximate surface area is 117 Å². The molecular formula is C13H11F3N2O3. The number of benzene rings is 1. The van der Waals surface area contributed by atoms with Crippen LogP contribution in [0.15, 0.2) is 36.7 Å². The van der Waals surface area contributed by atoms with Gasteiger partial charge >= 0.3 is 12.1 Å². The van der Waals surface area contributed by atoms with Crippen LogP contribution >= 0.6 is 0 Å². The predicted octanol–water partition coefficient (Wildman–Crippen LogP) is 2.90. The molecule has 0 amide bonds. The Balaban J connectivity index is 2.52. The van der Waals surface area contributed by atoms with E-state index in [1.165, 1.54) is 35.3 Å². The zero-order valence-corrected chi connectivity index (χ0v) is 10.8. The minimum atomic E-state index is -4.60. The monoisotopic (exact) mass is 300 g/mol. The molecule has 2 aromatic rings. The van der Waals surface area contributed by atoms with Crippen LogP contribution in [-0.4, -0.2) is 33.1 Å². The highest BCUT2D eigenvalue weighted by molar-refractivity contribution is 5.92. The van der Waals surface area contributed by atoms with Crippen LogP contribution in [0.1, 0.15) is 17.3 Å². The number of alkyl halides is 3. The molecule has 0 aliphatic rings. The van der Waals surface area contributed by atoms with Gasteiger partial charge in [-0.15, -0.1) is 0 Å². The summed E-state index contributed by atoms with van der Waals surface area (Å²) in [5.41, 5.74) is -0.241. The molecule has 5 nitrogen and oxygen atoms in total. The molecule has 0 aliphatic heterocycles. The summed E-state index contributed by atoms with van der Waals surface area (Å²) in [6.45, 7) is 0.811. The van der Waals surface area contributed by atoms with E-state index in [0.29, 0.717) is 0 Å². The number of para-hydroxylation sites is 1. The summed E-state index contributed by atoms with van der Waals surface area (Å²) in [6, 6.07) is 5.57. The van der Waals surface area contributed by atoms with E-state index in [1.54, 1.807) is 6.07 Å². The summed E-state index contributed by atoms with van der Waals surface area (Å²) in [6.07, 6.45) is -3.85. The minimum Gasteiger partial charge on any atom is -0.478 e. The van der Waals surface area contributed by atoms with E-state index < -0.39 is 18.2 Å². The van der Waals surface area contributed by atoms with Crippen molar-refractivity contribution in [2.75, 3.05) is 0 Å². The van der Waals surface area contributed by atoms with Crippen LogP contribution in [0.3, 0.4) is 0 Å². The molecule has 112 valence electrons. The second kappa shape index (κ2) is 5.47. The van der Waals surface area contributed by atoms with Crippen molar-refractivity contribution in [3.05, 3.63) is 42.2 Å². The van der Waals surface area contributed by atoms with Crippen molar-refractivity contribution in [3.63, 3.8) is 0 Å². The van der Waals surface area contributed by atoms with Gasteiger partial charge in [-0.1, -0.05) is 6.07 Å². The lowest BCUT2D eigenvalue weighted by Gasteiger charge is -2.21. The van der Waals surface area contributed by atoms with Gasteiger partial charge in [0, 0.05) is 12.4 Å². The highest BCUT2D eigenvalue weighted by Gasteiger charge is 2.39. The number of aromatic nitrogens is 2. The van der Waals surface area contributed by atoms with E-state index in [0.717, 1.165) is 6.92 Å². The number of ether oxygens (including phenoxy) is 1. The molecule has 1 aromatic heterocycles. The molecule has 0 saturated heterocycles. The molecule has 8 heteroatoms. The molecule has 0 unspecified atom stereocenters. The normalized spacial score (nSPS) is 13.0. The number of aromatic carboxylic acids is 1. The number of halogens is 3. The highest BCUT2D eigenvalue weighted by Crippen LogP contribution is 2.32. The van der Waals surface area contributed by atoms with Crippen LogP contribution in [0, 0.1) is 0 Å². The molecule has 1 heterocycles. The van der Waals surface area contributed by atoms with Gasteiger partial charge in [-0.3, -0.25) is 0 Å². The first-order valence-electron chi connectivity index (χ1n) is 5.90. The maximum absolute atomic E-state index is 12.6. The summed E-state index contributed by atoms with van der Waals surface area (Å²) in [4.78, 5) is 11.2. The minimum absolute atomic E-state index is 0.121. The lowest BCUT2D eigenvalue weighted by Crippen LogP contribution is -2.32. The summed E-state index contributed by atoms with van der Waals surface area (Å²) in [5.74, 6) is -1.76. The van der Waals surface area contributed by atoms with Gasteiger partial charge in [-0.2, -0.15) is 18.3 Å². The second-order valence-electron chi connectivity index (χ2n) is 4.21. The van der Waals surface area contributed by atoms with Gasteiger partial charge in [0.25, 0.3) is 0 Å². The average molecular weight is 300 g/mol. The number of carbonyl (C=O) groups is 1. The van der Waals surface area contributed by atoms with E-state index in [2.05, 4.69) is 5.10 Å². The van der Waals surface area contributed by atoms with Crippen molar-refractivity contribution in [2.45, 2.75) is 19.2 Å². The van der Waals surface area contributed by atoms with Crippen molar-refractivity contribution >= 4 is 5.97 Å². The fourth-order valence-corrected chi connectivity index (χ4v) is 1.65. The highest BCUT2D eigenvalue weighted by atomic mass is 19.4. The molecule has 0 radical (unpaired) electrons. The van der Waals surface area contributed by atoms with Crippen molar-refractivity contribution in [1.82, 2.24) is 9.78 Å². The number of rotatable bonds is 4. The van der Waals surface area contributed by atoms with E-state index in [1.807, 2.05) is 0 Å². The number of carboxylic acid groups (broad SMARTS) is 1. The van der Waals surface area contributed by atoms with Crippen molar-refractivity contribution < 1.29 is 27.8 Å². The topological polar surface area (TPSA) is 64.3 Å². The molecule has 0 bridgehead atoms. The van der Waals surface area contributed by atoms with Crippen molar-refractivity contribution in [2.24, 2.45) is 0 Å². The van der Waals surface area contributed by atoms with Crippen LogP contribution in [-0.2, 0) is 0 Å². The Morgan fingerprint density at radius 2 is 2.10 bits per heavy atom. The first kappa shape index (κ1) is 14.9. The first-order chi connectivity index (χ1) is 9.80. The molecule has 0 fully saturated rings. The van der Waals surface area contributed by atoms with Crippen molar-refractivity contribution in [3.8, 4) is 11.4 Å². The fourth-order valence-electron chi connectivity index (χ4n) is 1.65. The lowest BCUT2D eigenvalue weighted by atomic mass is 10.1. The summed E-state index contributed by atoms with van der Waals surface area (Å²) < 4.78 is 44.0. The smallest absolute Gasteiger partial charge is 0.425 e. The van der Waals surface area contributed by atoms with Gasteiger partial charge in [0.1, 0.15) is 11.3 Å². The van der Waals surface area contributed by atoms with Gasteiger partial charge in [0.05, 0.1) is 0 Å². The van der Waals surface area contributed by atoms with E-state index >= 15 is 0 Å². The predicted molar refractivity (Wildman–Crippen MR) is 66.7 cm³/mol. The Morgan fingerprint density at radius 1 is 1.38 bits per heavy atom. The zero-order valence-electron chi connectivity index (χ0n) is 10.8. The number of carboxylic acids is 1. The Hall–Kier alpha value is -2.51. The Bertz CT molecular complexity index is 639. The molecule has 1 atom stereocenters. The molecule has 1 aromatic carbocycles. The number of nitrogens with zero attached hydrogens (tertiary/aromatic N) is 2. The SMILES string of the molecule is C[C@H](Oc1c(C(=O)O)cccc1-n1cccn1)C(F)(F)F. The third kappa shape index (κ3) is 3.15. The number of hydrogen-bond donors (Lipinski definition) is 1. The van der Waals surface area contributed by atoms with Gasteiger partial charge in [0.15, 0.2) is 11.9 Å². The lowest BCUT2D eigenvalue weighted by molar-refractivity contribution is -0.189. The van der Waals surface area contributed by atoms with Gasteiger partial charge in [0.2, 0.25) is 0 Å². The van der Waals surface area contributed by atoms with E-state index in [4.69, 9.17) is 9.84 Å². The van der Waals surface area contributed by atoms with Crippen molar-refractivity contribution in [1.29, 1.82) is 0 Å². The van der Waals surface area contributed by atoms with Crippen LogP contribution in [0.5, 0.6) is 5.75 Å². The van der Waals surface area contributed by atoms with Crippen LogP contribution in [0.25, 0.3) is 5.69 Å². The summed E-state index contributed by atoms with van der Waals surface area (Å²) in [5, 5.41) is 13.0. The standard InChI is InChI=1S/C13H11F3N2O3/c1-8(13(14,15)16)21-11-9(12(19)20)4-2-5-10(11)18-7-3-6-17-18/h2-8H,1H3,(H,19,20)/t8-/m0/s1. The van der Waals surface area contributed by atoms with Crippen LogP contribution < -0.4 is 4.74 Å². The van der Waals surface area contributed by atoms with Crippen LogP contribution in [0.2, 0.25) is 0 Å². The average Bonchev–Trinajstić information content (AvgIpc) is 2.91. The van der Waals surface area contributed by atoms with Crippen LogP contribution in [0.4, 0.5) is 13.2 Å². The second-order valence-corrected chi connectivity index (χ2v) is 4.21. The summed E-state index contributed by atoms with van der Waals surface area (Å²) >= 11 is 0. The molecule has 21 heavy (non-hydrogen) atoms. The maximum Gasteiger partial charge on any atom is 0.425 e. The molecule has 2 rings (SSSR count). The van der Waals surface area contributed by atoms with E-state index in [-0.39, 0.29) is 17.0 Å². The third-order valence-corrected chi connectivity index (χ3v) is 2.73. The molecular weight excluding hydrogens is 289 g/mol. The molecule has 0 aliphatic carbocycles. The molecule has 1 N–H and O–H groups in total. The van der Waals surface area contributed by atoms with Gasteiger partial charge < -0.3 is 9.84 Å². The van der Waals surface area contributed by atoms with Gasteiger partial charge in [-0.25, -0.2) is 9.48 Å².